The van der Waals surface area contributed by atoms with Gasteiger partial charge in [-0.15, -0.1) is 0 Å². The van der Waals surface area contributed by atoms with Crippen LogP contribution in [0, 0.1) is 5.82 Å². The number of rotatable bonds is 7. The summed E-state index contributed by atoms with van der Waals surface area (Å²) in [5.74, 6) is -0.898. The standard InChI is InChI=1S/C14H19FN2O3/c1-11(18)17(8-9-20-2)7-6-16-14(19)12-4-3-5-13(15)10-12/h3-5,10H,6-9H2,1-2H3,(H,16,19). The number of nitrogens with zero attached hydrogens (tertiary/aromatic N) is 1. The van der Waals surface area contributed by atoms with Crippen LogP contribution in [0.15, 0.2) is 24.3 Å². The second-order valence-electron chi connectivity index (χ2n) is 4.27. The molecule has 0 unspecified atom stereocenters. The SMILES string of the molecule is COCCN(CCNC(=O)c1cccc(F)c1)C(C)=O. The number of ether oxygens (including phenoxy) is 1. The molecule has 1 N–H and O–H groups in total. The van der Waals surface area contributed by atoms with Gasteiger partial charge in [0.25, 0.3) is 5.91 Å². The Kier molecular flexibility index (Phi) is 6.66. The average Bonchev–Trinajstić information content (AvgIpc) is 2.42. The van der Waals surface area contributed by atoms with Crippen LogP contribution in [0.5, 0.6) is 0 Å². The van der Waals surface area contributed by atoms with E-state index in [1.165, 1.54) is 31.2 Å². The molecule has 0 spiro atoms. The van der Waals surface area contributed by atoms with Gasteiger partial charge in [-0.3, -0.25) is 9.59 Å². The third kappa shape index (κ3) is 5.36. The van der Waals surface area contributed by atoms with E-state index in [1.54, 1.807) is 12.0 Å². The van der Waals surface area contributed by atoms with E-state index in [1.807, 2.05) is 0 Å². The van der Waals surface area contributed by atoms with Gasteiger partial charge in [-0.05, 0) is 18.2 Å². The predicted octanol–water partition coefficient (Wildman–Crippen LogP) is 1.05. The summed E-state index contributed by atoms with van der Waals surface area (Å²) < 4.78 is 17.9. The first kappa shape index (κ1) is 16.1. The van der Waals surface area contributed by atoms with Gasteiger partial charge in [0.1, 0.15) is 5.82 Å². The maximum absolute atomic E-state index is 13.0. The molecule has 0 saturated carbocycles. The highest BCUT2D eigenvalue weighted by atomic mass is 19.1. The molecule has 110 valence electrons. The van der Waals surface area contributed by atoms with E-state index >= 15 is 0 Å². The summed E-state index contributed by atoms with van der Waals surface area (Å²) in [5.41, 5.74) is 0.260. The maximum atomic E-state index is 13.0. The molecule has 0 bridgehead atoms. The molecule has 5 nitrogen and oxygen atoms in total. The summed E-state index contributed by atoms with van der Waals surface area (Å²) in [6.07, 6.45) is 0. The van der Waals surface area contributed by atoms with Crippen molar-refractivity contribution in [1.82, 2.24) is 10.2 Å². The van der Waals surface area contributed by atoms with Crippen molar-refractivity contribution in [2.45, 2.75) is 6.92 Å². The van der Waals surface area contributed by atoms with E-state index in [0.717, 1.165) is 0 Å². The molecule has 1 aromatic carbocycles. The van der Waals surface area contributed by atoms with Crippen LogP contribution in [0.1, 0.15) is 17.3 Å². The Bertz CT molecular complexity index is 465. The number of benzene rings is 1. The first-order chi connectivity index (χ1) is 9.54. The first-order valence-corrected chi connectivity index (χ1v) is 6.33. The summed E-state index contributed by atoms with van der Waals surface area (Å²) in [6, 6.07) is 5.46. The highest BCUT2D eigenvalue weighted by Crippen LogP contribution is 2.02. The van der Waals surface area contributed by atoms with Gasteiger partial charge in [-0.1, -0.05) is 6.07 Å². The van der Waals surface area contributed by atoms with Crippen molar-refractivity contribution in [3.05, 3.63) is 35.6 Å². The van der Waals surface area contributed by atoms with Gasteiger partial charge in [-0.25, -0.2) is 4.39 Å². The van der Waals surface area contributed by atoms with E-state index in [0.29, 0.717) is 26.2 Å². The predicted molar refractivity (Wildman–Crippen MR) is 72.9 cm³/mol. The van der Waals surface area contributed by atoms with Crippen molar-refractivity contribution < 1.29 is 18.7 Å². The first-order valence-electron chi connectivity index (χ1n) is 6.33. The lowest BCUT2D eigenvalue weighted by Crippen LogP contribution is -2.39. The molecule has 0 aliphatic rings. The summed E-state index contributed by atoms with van der Waals surface area (Å²) in [7, 11) is 1.56. The molecule has 0 atom stereocenters. The monoisotopic (exact) mass is 282 g/mol. The molecular formula is C14H19FN2O3. The second kappa shape index (κ2) is 8.27. The zero-order valence-corrected chi connectivity index (χ0v) is 11.7. The Balaban J connectivity index is 2.42. The zero-order valence-electron chi connectivity index (χ0n) is 11.7. The molecule has 0 radical (unpaired) electrons. The highest BCUT2D eigenvalue weighted by Gasteiger charge is 2.10. The van der Waals surface area contributed by atoms with Gasteiger partial charge < -0.3 is 15.0 Å². The largest absolute Gasteiger partial charge is 0.383 e. The molecule has 0 saturated heterocycles. The minimum Gasteiger partial charge on any atom is -0.383 e. The van der Waals surface area contributed by atoms with Crippen LogP contribution in [-0.4, -0.2) is 50.1 Å². The van der Waals surface area contributed by atoms with Crippen molar-refractivity contribution >= 4 is 11.8 Å². The molecule has 0 aliphatic carbocycles. The van der Waals surface area contributed by atoms with Crippen molar-refractivity contribution in [2.75, 3.05) is 33.4 Å². The molecule has 1 aromatic rings. The molecule has 0 aliphatic heterocycles. The Hall–Kier alpha value is -1.95. The lowest BCUT2D eigenvalue weighted by atomic mass is 10.2. The third-order valence-electron chi connectivity index (χ3n) is 2.76. The zero-order chi connectivity index (χ0) is 15.0. The molecule has 20 heavy (non-hydrogen) atoms. The topological polar surface area (TPSA) is 58.6 Å². The number of methoxy groups -OCH3 is 1. The molecular weight excluding hydrogens is 263 g/mol. The Labute approximate surface area is 117 Å². The fourth-order valence-corrected chi connectivity index (χ4v) is 1.66. The number of hydrogen-bond acceptors (Lipinski definition) is 3. The van der Waals surface area contributed by atoms with Crippen molar-refractivity contribution in [1.29, 1.82) is 0 Å². The van der Waals surface area contributed by atoms with Crippen molar-refractivity contribution in [3.8, 4) is 0 Å². The van der Waals surface area contributed by atoms with E-state index < -0.39 is 5.82 Å². The summed E-state index contributed by atoms with van der Waals surface area (Å²) >= 11 is 0. The second-order valence-corrected chi connectivity index (χ2v) is 4.27. The van der Waals surface area contributed by atoms with Gasteiger partial charge in [0.05, 0.1) is 6.61 Å². The summed E-state index contributed by atoms with van der Waals surface area (Å²) in [6.45, 7) is 3.07. The number of nitrogens with one attached hydrogen (secondary N) is 1. The minimum absolute atomic E-state index is 0.0814. The quantitative estimate of drug-likeness (QED) is 0.813. The van der Waals surface area contributed by atoms with E-state index in [9.17, 15) is 14.0 Å². The lowest BCUT2D eigenvalue weighted by molar-refractivity contribution is -0.129. The lowest BCUT2D eigenvalue weighted by Gasteiger charge is -2.20. The Morgan fingerprint density at radius 1 is 1.35 bits per heavy atom. The Morgan fingerprint density at radius 3 is 2.70 bits per heavy atom. The highest BCUT2D eigenvalue weighted by molar-refractivity contribution is 5.94. The van der Waals surface area contributed by atoms with Gasteiger partial charge in [0, 0.05) is 39.2 Å². The normalized spacial score (nSPS) is 10.2. The fourth-order valence-electron chi connectivity index (χ4n) is 1.66. The average molecular weight is 282 g/mol. The molecule has 1 rings (SSSR count). The van der Waals surface area contributed by atoms with Gasteiger partial charge >= 0.3 is 0 Å². The van der Waals surface area contributed by atoms with Crippen LogP contribution in [0.3, 0.4) is 0 Å². The number of halogens is 1. The number of carbonyl (C=O) groups is 2. The van der Waals surface area contributed by atoms with E-state index in [2.05, 4.69) is 5.32 Å². The maximum Gasteiger partial charge on any atom is 0.251 e. The third-order valence-corrected chi connectivity index (χ3v) is 2.76. The minimum atomic E-state index is -0.455. The van der Waals surface area contributed by atoms with E-state index in [4.69, 9.17) is 4.74 Å². The van der Waals surface area contributed by atoms with Crippen LogP contribution >= 0.6 is 0 Å². The Morgan fingerprint density at radius 2 is 2.10 bits per heavy atom. The molecule has 0 heterocycles. The van der Waals surface area contributed by atoms with Gasteiger partial charge in [0.15, 0.2) is 0 Å². The van der Waals surface area contributed by atoms with Crippen LogP contribution in [-0.2, 0) is 9.53 Å². The number of amides is 2. The fraction of sp³-hybridized carbons (Fsp3) is 0.429. The molecule has 6 heteroatoms. The molecule has 0 aromatic heterocycles. The van der Waals surface area contributed by atoms with Crippen LogP contribution in [0.25, 0.3) is 0 Å². The van der Waals surface area contributed by atoms with Gasteiger partial charge in [-0.2, -0.15) is 0 Å². The van der Waals surface area contributed by atoms with E-state index in [-0.39, 0.29) is 17.4 Å². The number of hydrogen-bond donors (Lipinski definition) is 1. The molecule has 0 fully saturated rings. The molecule has 2 amide bonds. The summed E-state index contributed by atoms with van der Waals surface area (Å²) in [4.78, 5) is 24.7. The van der Waals surface area contributed by atoms with Crippen molar-refractivity contribution in [3.63, 3.8) is 0 Å². The van der Waals surface area contributed by atoms with Crippen molar-refractivity contribution in [2.24, 2.45) is 0 Å². The number of carbonyl (C=O) groups excluding carboxylic acids is 2. The van der Waals surface area contributed by atoms with Crippen LogP contribution < -0.4 is 5.32 Å². The summed E-state index contributed by atoms with van der Waals surface area (Å²) in [5, 5.41) is 2.65. The van der Waals surface area contributed by atoms with Gasteiger partial charge in [0.2, 0.25) is 5.91 Å². The van der Waals surface area contributed by atoms with Crippen LogP contribution in [0.2, 0.25) is 0 Å². The smallest absolute Gasteiger partial charge is 0.251 e. The van der Waals surface area contributed by atoms with Crippen LogP contribution in [0.4, 0.5) is 4.39 Å².